The van der Waals surface area contributed by atoms with Crippen molar-refractivity contribution < 1.29 is 38.4 Å². The Kier molecular flexibility index (Phi) is 14.5. The number of carboxylic acids is 1. The van der Waals surface area contributed by atoms with Crippen LogP contribution in [0.4, 0.5) is 11.4 Å². The molecule has 0 spiro atoms. The molecule has 2 heterocycles. The van der Waals surface area contributed by atoms with Gasteiger partial charge in [-0.3, -0.25) is 14.5 Å². The number of phenols is 1. The van der Waals surface area contributed by atoms with E-state index in [4.69, 9.17) is 36.4 Å². The summed E-state index contributed by atoms with van der Waals surface area (Å²) in [6.45, 7) is 3.90. The van der Waals surface area contributed by atoms with Gasteiger partial charge in [-0.05, 0) is 140 Å². The van der Waals surface area contributed by atoms with Crippen LogP contribution in [0.2, 0.25) is 0 Å². The number of anilines is 1. The number of carbonyl (C=O) groups is 2. The maximum Gasteiger partial charge on any atom is 0.336 e. The van der Waals surface area contributed by atoms with Gasteiger partial charge in [-0.15, -0.1) is 0 Å². The van der Waals surface area contributed by atoms with E-state index in [9.17, 15) is 24.6 Å². The van der Waals surface area contributed by atoms with Gasteiger partial charge in [-0.25, -0.2) is 4.79 Å². The molecule has 4 aromatic rings. The zero-order valence-electron chi connectivity index (χ0n) is 35.3. The number of carbonyl (C=O) groups excluding carboxylic acids is 1. The number of rotatable bonds is 18. The number of carboxylic acid groups (broad SMARTS) is 1. The Labute approximate surface area is 373 Å². The lowest BCUT2D eigenvalue weighted by Gasteiger charge is -2.29. The topological polar surface area (TPSA) is 221 Å². The van der Waals surface area contributed by atoms with Crippen molar-refractivity contribution in [2.45, 2.75) is 38.6 Å². The number of ether oxygens (including phenoxy) is 3. The van der Waals surface area contributed by atoms with E-state index in [-0.39, 0.29) is 39.1 Å². The third kappa shape index (κ3) is 10.6. The van der Waals surface area contributed by atoms with Crippen LogP contribution in [0.25, 0.3) is 43.9 Å². The summed E-state index contributed by atoms with van der Waals surface area (Å²) in [5.41, 5.74) is 14.0. The number of fused-ring (bicyclic) bond motifs is 3. The summed E-state index contributed by atoms with van der Waals surface area (Å²) >= 11 is 5.52. The second-order valence-electron chi connectivity index (χ2n) is 15.2. The van der Waals surface area contributed by atoms with Gasteiger partial charge in [0, 0.05) is 71.1 Å². The maximum absolute atomic E-state index is 13.3. The van der Waals surface area contributed by atoms with Crippen molar-refractivity contribution in [3.63, 3.8) is 0 Å². The van der Waals surface area contributed by atoms with E-state index in [1.165, 1.54) is 47.5 Å². The number of aromatic carboxylic acids is 1. The second kappa shape index (κ2) is 20.7. The fourth-order valence-electron chi connectivity index (χ4n) is 7.78. The number of unbranched alkanes of at least 4 members (excludes halogenated alkanes) is 2. The number of nitrogens with zero attached hydrogens (tertiary/aromatic N) is 4. The van der Waals surface area contributed by atoms with E-state index in [1.54, 1.807) is 50.6 Å². The molecule has 0 fully saturated rings. The summed E-state index contributed by atoms with van der Waals surface area (Å²) < 4.78 is 22.9. The summed E-state index contributed by atoms with van der Waals surface area (Å²) in [5, 5.41) is 34.1. The first-order valence-corrected chi connectivity index (χ1v) is 21.1. The summed E-state index contributed by atoms with van der Waals surface area (Å²) in [6.07, 6.45) is 3.87. The number of hydrogen-bond acceptors (Lipinski definition) is 11. The van der Waals surface area contributed by atoms with Gasteiger partial charge >= 0.3 is 5.97 Å². The molecule has 0 aromatic heterocycles. The predicted octanol–water partition coefficient (Wildman–Crippen LogP) is 8.64. The Balaban J connectivity index is 0.884. The Hall–Kier alpha value is -7.33. The molecule has 0 saturated heterocycles. The molecular weight excluding hydrogens is 839 g/mol. The lowest BCUT2D eigenvalue weighted by Crippen LogP contribution is -2.32. The van der Waals surface area contributed by atoms with Crippen LogP contribution in [-0.4, -0.2) is 79.1 Å². The third-order valence-electron chi connectivity index (χ3n) is 10.9. The molecule has 0 saturated carbocycles. The van der Waals surface area contributed by atoms with Crippen LogP contribution < -0.4 is 35.6 Å². The number of azide groups is 1. The highest BCUT2D eigenvalue weighted by molar-refractivity contribution is 7.80. The van der Waals surface area contributed by atoms with Gasteiger partial charge in [0.05, 0.1) is 32.0 Å². The van der Waals surface area contributed by atoms with Crippen LogP contribution in [0.3, 0.4) is 0 Å². The van der Waals surface area contributed by atoms with E-state index < -0.39 is 5.97 Å². The minimum atomic E-state index is -1.17. The predicted molar refractivity (Wildman–Crippen MR) is 247 cm³/mol. The first kappa shape index (κ1) is 44.7. The summed E-state index contributed by atoms with van der Waals surface area (Å²) in [7, 11) is 3.28. The highest BCUT2D eigenvalue weighted by Gasteiger charge is 2.23. The van der Waals surface area contributed by atoms with Crippen molar-refractivity contribution in [1.29, 1.82) is 0 Å². The molecule has 17 heteroatoms. The van der Waals surface area contributed by atoms with E-state index in [1.807, 2.05) is 6.07 Å². The zero-order chi connectivity index (χ0) is 45.2. The minimum Gasteiger partial charge on any atom is -0.508 e. The second-order valence-corrected chi connectivity index (χ2v) is 15.6. The Morgan fingerprint density at radius 2 is 1.62 bits per heavy atom. The molecule has 3 aliphatic rings. The molecule has 330 valence electrons. The van der Waals surface area contributed by atoms with Crippen LogP contribution in [0.1, 0.15) is 57.5 Å². The van der Waals surface area contributed by atoms with Crippen LogP contribution in [0.15, 0.2) is 99.3 Å². The van der Waals surface area contributed by atoms with E-state index in [0.29, 0.717) is 77.3 Å². The fraction of sp³-hybridized carbons (Fsp3) is 0.277. The number of thiocarbonyl (C=S) groups is 1. The maximum atomic E-state index is 13.3. The van der Waals surface area contributed by atoms with Crippen LogP contribution in [0, 0.1) is 0 Å². The van der Waals surface area contributed by atoms with Crippen LogP contribution in [0.5, 0.6) is 23.0 Å². The van der Waals surface area contributed by atoms with Crippen molar-refractivity contribution in [3.8, 4) is 45.4 Å². The standard InChI is InChI=1S/C47H47N7O9S/c1-60-42-21-28-15-19-54(27-29(28)22-43(42)61-2)18-5-3-16-49-45(57)38-24-31(52-53-48)8-14-39(38)62-20-6-4-17-50-47(64)51-30-7-11-34(37(23-30)46(58)59)44-35-12-9-32(55)25-40(35)63-41-26-33(56)10-13-36(41)44/h7-14,21-26,55H,3-6,15-20,27H2,1-2H3,(H,49,57)(H,58,59)(H2,50,51,64). The third-order valence-corrected chi connectivity index (χ3v) is 11.2. The number of methoxy groups -OCH3 is 2. The normalized spacial score (nSPS) is 12.2. The molecule has 0 radical (unpaired) electrons. The Bertz CT molecular complexity index is 2790. The highest BCUT2D eigenvalue weighted by Crippen LogP contribution is 2.42. The molecule has 5 N–H and O–H groups in total. The molecule has 7 rings (SSSR count). The summed E-state index contributed by atoms with van der Waals surface area (Å²) in [6, 6.07) is 22.5. The molecular formula is C47H47N7O9S. The number of phenolic OH excluding ortho intramolecular Hbond substituents is 1. The molecule has 4 aromatic carbocycles. The van der Waals surface area contributed by atoms with E-state index >= 15 is 0 Å². The van der Waals surface area contributed by atoms with Crippen molar-refractivity contribution in [2.24, 2.45) is 5.11 Å². The monoisotopic (exact) mass is 885 g/mol. The molecule has 2 aliphatic heterocycles. The molecule has 0 atom stereocenters. The highest BCUT2D eigenvalue weighted by atomic mass is 32.1. The summed E-state index contributed by atoms with van der Waals surface area (Å²) in [4.78, 5) is 43.4. The fourth-order valence-corrected chi connectivity index (χ4v) is 8.00. The first-order valence-electron chi connectivity index (χ1n) is 20.7. The van der Waals surface area contributed by atoms with Gasteiger partial charge in [0.15, 0.2) is 22.0 Å². The molecule has 1 aliphatic carbocycles. The van der Waals surface area contributed by atoms with Gasteiger partial charge in [0.25, 0.3) is 5.91 Å². The van der Waals surface area contributed by atoms with Crippen molar-refractivity contribution in [2.75, 3.05) is 52.3 Å². The average molecular weight is 886 g/mol. The van der Waals surface area contributed by atoms with E-state index in [0.717, 1.165) is 50.4 Å². The number of benzene rings is 5. The smallest absolute Gasteiger partial charge is 0.336 e. The van der Waals surface area contributed by atoms with Gasteiger partial charge in [0.1, 0.15) is 22.8 Å². The molecule has 1 amide bonds. The number of aromatic hydroxyl groups is 1. The molecule has 16 nitrogen and oxygen atoms in total. The van der Waals surface area contributed by atoms with Crippen molar-refractivity contribution in [3.05, 3.63) is 128 Å². The van der Waals surface area contributed by atoms with Crippen molar-refractivity contribution in [1.82, 2.24) is 15.5 Å². The Morgan fingerprint density at radius 3 is 2.41 bits per heavy atom. The first-order chi connectivity index (χ1) is 31.0. The zero-order valence-corrected chi connectivity index (χ0v) is 36.1. The number of amides is 1. The lowest BCUT2D eigenvalue weighted by atomic mass is 9.90. The summed E-state index contributed by atoms with van der Waals surface area (Å²) in [5.74, 6) is 0.554. The van der Waals surface area contributed by atoms with E-state index in [2.05, 4.69) is 36.9 Å². The number of nitrogens with one attached hydrogen (secondary N) is 3. The minimum absolute atomic E-state index is 0.0118. The van der Waals surface area contributed by atoms with Crippen molar-refractivity contribution >= 4 is 51.6 Å². The molecule has 0 unspecified atom stereocenters. The van der Waals surface area contributed by atoms with Crippen LogP contribution >= 0.6 is 12.2 Å². The quantitative estimate of drug-likeness (QED) is 0.0136. The lowest BCUT2D eigenvalue weighted by molar-refractivity contribution is 0.0697. The van der Waals surface area contributed by atoms with Gasteiger partial charge < -0.3 is 44.8 Å². The van der Waals surface area contributed by atoms with Gasteiger partial charge in [0.2, 0.25) is 0 Å². The molecule has 64 heavy (non-hydrogen) atoms. The average Bonchev–Trinajstić information content (AvgIpc) is 3.28. The van der Waals surface area contributed by atoms with Crippen LogP contribution in [-0.2, 0) is 13.0 Å². The number of hydrogen-bond donors (Lipinski definition) is 5. The largest absolute Gasteiger partial charge is 0.508 e. The molecule has 0 bridgehead atoms. The van der Waals surface area contributed by atoms with Gasteiger partial charge in [-0.1, -0.05) is 11.2 Å². The SMILES string of the molecule is COc1cc2c(cc1OC)CN(CCCCNC(=O)c1cc(N=[N+]=[N-])ccc1OCCCCNC(=S)Nc1ccc(-c3c4ccc(=O)cc-4oc4cc(O)ccc34)c(C(=O)O)c1)CC2. The Morgan fingerprint density at radius 1 is 0.859 bits per heavy atom. The van der Waals surface area contributed by atoms with Gasteiger partial charge in [-0.2, -0.15) is 0 Å².